The van der Waals surface area contributed by atoms with Crippen LogP contribution in [0.25, 0.3) is 0 Å². The molecule has 1 N–H and O–H groups in total. The Morgan fingerprint density at radius 1 is 1.38 bits per heavy atom. The van der Waals surface area contributed by atoms with Gasteiger partial charge in [-0.25, -0.2) is 4.39 Å². The van der Waals surface area contributed by atoms with Gasteiger partial charge in [0.05, 0.1) is 4.47 Å². The first kappa shape index (κ1) is 11.2. The largest absolute Gasteiger partial charge is 0.381 e. The van der Waals surface area contributed by atoms with Gasteiger partial charge in [0.1, 0.15) is 5.82 Å². The number of nitrogens with zero attached hydrogens (tertiary/aromatic N) is 1. The van der Waals surface area contributed by atoms with E-state index in [1.54, 1.807) is 6.07 Å². The minimum atomic E-state index is -0.252. The summed E-state index contributed by atoms with van der Waals surface area (Å²) < 4.78 is 15.7. The molecule has 1 aromatic heterocycles. The Bertz CT molecular complexity index is 494. The summed E-state index contributed by atoms with van der Waals surface area (Å²) in [7, 11) is 1.97. The van der Waals surface area contributed by atoms with Gasteiger partial charge < -0.3 is 9.88 Å². The Morgan fingerprint density at radius 2 is 2.19 bits per heavy atom. The fourth-order valence-electron chi connectivity index (χ4n) is 1.48. The summed E-state index contributed by atoms with van der Waals surface area (Å²) in [6.07, 6.45) is 4.02. The molecule has 84 valence electrons. The lowest BCUT2D eigenvalue weighted by Gasteiger charge is -2.05. The van der Waals surface area contributed by atoms with Gasteiger partial charge in [-0.1, -0.05) is 0 Å². The summed E-state index contributed by atoms with van der Waals surface area (Å²) >= 11 is 3.12. The maximum Gasteiger partial charge on any atom is 0.139 e. The number of aromatic nitrogens is 1. The highest BCUT2D eigenvalue weighted by Crippen LogP contribution is 2.19. The minimum absolute atomic E-state index is 0.252. The number of halogens is 2. The molecule has 0 aliphatic heterocycles. The van der Waals surface area contributed by atoms with Gasteiger partial charge in [-0.15, -0.1) is 0 Å². The molecule has 0 aliphatic rings. The van der Waals surface area contributed by atoms with Crippen LogP contribution in [0.2, 0.25) is 0 Å². The molecule has 0 radical (unpaired) electrons. The summed E-state index contributed by atoms with van der Waals surface area (Å²) in [5.41, 5.74) is 1.95. The molecule has 1 heterocycles. The molecule has 0 atom stereocenters. The van der Waals surface area contributed by atoms with Gasteiger partial charge in [-0.05, 0) is 45.8 Å². The van der Waals surface area contributed by atoms with Crippen molar-refractivity contribution in [2.75, 3.05) is 5.32 Å². The molecule has 0 spiro atoms. The standard InChI is InChI=1S/C12H12BrFN2/c1-16-5-4-9(8-16)7-15-10-2-3-11(13)12(14)6-10/h2-6,8,15H,7H2,1H3. The molecular weight excluding hydrogens is 271 g/mol. The Balaban J connectivity index is 2.02. The van der Waals surface area contributed by atoms with Crippen LogP contribution in [0.15, 0.2) is 41.1 Å². The molecule has 2 nitrogen and oxygen atoms in total. The van der Waals surface area contributed by atoms with Gasteiger partial charge >= 0.3 is 0 Å². The quantitative estimate of drug-likeness (QED) is 0.911. The third-order valence-electron chi connectivity index (χ3n) is 2.31. The molecule has 1 aromatic carbocycles. The first-order valence-electron chi connectivity index (χ1n) is 4.95. The van der Waals surface area contributed by atoms with Crippen LogP contribution in [0.4, 0.5) is 10.1 Å². The summed E-state index contributed by atoms with van der Waals surface area (Å²) in [5.74, 6) is -0.252. The fraction of sp³-hybridized carbons (Fsp3) is 0.167. The normalized spacial score (nSPS) is 10.4. The van der Waals surface area contributed by atoms with Gasteiger partial charge in [0, 0.05) is 31.7 Å². The van der Waals surface area contributed by atoms with Crippen molar-refractivity contribution in [3.05, 3.63) is 52.5 Å². The molecule has 4 heteroatoms. The molecule has 0 saturated heterocycles. The molecule has 0 saturated carbocycles. The van der Waals surface area contributed by atoms with Crippen molar-refractivity contribution in [2.24, 2.45) is 7.05 Å². The predicted octanol–water partition coefficient (Wildman–Crippen LogP) is 3.54. The number of benzene rings is 1. The number of aryl methyl sites for hydroxylation is 1. The molecular formula is C12H12BrFN2. The first-order chi connectivity index (χ1) is 7.65. The van der Waals surface area contributed by atoms with E-state index in [0.717, 1.165) is 5.69 Å². The highest BCUT2D eigenvalue weighted by molar-refractivity contribution is 9.10. The van der Waals surface area contributed by atoms with Gasteiger partial charge in [0.15, 0.2) is 0 Å². The van der Waals surface area contributed by atoms with Crippen LogP contribution in [0.5, 0.6) is 0 Å². The monoisotopic (exact) mass is 282 g/mol. The lowest BCUT2D eigenvalue weighted by molar-refractivity contribution is 0.621. The van der Waals surface area contributed by atoms with Gasteiger partial charge in [0.2, 0.25) is 0 Å². The molecule has 2 rings (SSSR count). The number of hydrogen-bond donors (Lipinski definition) is 1. The van der Waals surface area contributed by atoms with E-state index in [1.165, 1.54) is 11.6 Å². The molecule has 2 aromatic rings. The number of anilines is 1. The van der Waals surface area contributed by atoms with Crippen LogP contribution in [0, 0.1) is 5.82 Å². The van der Waals surface area contributed by atoms with Crippen molar-refractivity contribution >= 4 is 21.6 Å². The number of rotatable bonds is 3. The molecule has 0 fully saturated rings. The molecule has 0 bridgehead atoms. The Kier molecular flexibility index (Phi) is 3.29. The summed E-state index contributed by atoms with van der Waals surface area (Å²) in [6.45, 7) is 0.696. The second-order valence-corrected chi connectivity index (χ2v) is 4.52. The average Bonchev–Trinajstić information content (AvgIpc) is 2.66. The Hall–Kier alpha value is -1.29. The minimum Gasteiger partial charge on any atom is -0.381 e. The third kappa shape index (κ3) is 2.64. The van der Waals surface area contributed by atoms with Gasteiger partial charge in [0.25, 0.3) is 0 Å². The number of hydrogen-bond acceptors (Lipinski definition) is 1. The second-order valence-electron chi connectivity index (χ2n) is 3.67. The van der Waals surface area contributed by atoms with E-state index < -0.39 is 0 Å². The zero-order chi connectivity index (χ0) is 11.5. The van der Waals surface area contributed by atoms with E-state index in [4.69, 9.17) is 0 Å². The van der Waals surface area contributed by atoms with Crippen molar-refractivity contribution < 1.29 is 4.39 Å². The van der Waals surface area contributed by atoms with Gasteiger partial charge in [-0.3, -0.25) is 0 Å². The molecule has 0 amide bonds. The topological polar surface area (TPSA) is 17.0 Å². The van der Waals surface area contributed by atoms with E-state index in [1.807, 2.05) is 36.1 Å². The predicted molar refractivity (Wildman–Crippen MR) is 66.8 cm³/mol. The van der Waals surface area contributed by atoms with Crippen LogP contribution in [0.3, 0.4) is 0 Å². The van der Waals surface area contributed by atoms with Crippen molar-refractivity contribution in [2.45, 2.75) is 6.54 Å². The van der Waals surface area contributed by atoms with E-state index >= 15 is 0 Å². The Labute approximate surface area is 102 Å². The highest BCUT2D eigenvalue weighted by atomic mass is 79.9. The van der Waals surface area contributed by atoms with Crippen molar-refractivity contribution in [3.63, 3.8) is 0 Å². The fourth-order valence-corrected chi connectivity index (χ4v) is 1.72. The SMILES string of the molecule is Cn1ccc(CNc2ccc(Br)c(F)c2)c1. The van der Waals surface area contributed by atoms with Crippen LogP contribution in [0.1, 0.15) is 5.56 Å². The molecule has 16 heavy (non-hydrogen) atoms. The zero-order valence-corrected chi connectivity index (χ0v) is 10.5. The summed E-state index contributed by atoms with van der Waals surface area (Å²) in [5, 5.41) is 3.17. The first-order valence-corrected chi connectivity index (χ1v) is 5.74. The van der Waals surface area contributed by atoms with Crippen molar-refractivity contribution in [3.8, 4) is 0 Å². The van der Waals surface area contributed by atoms with E-state index in [0.29, 0.717) is 11.0 Å². The van der Waals surface area contributed by atoms with E-state index in [2.05, 4.69) is 21.2 Å². The van der Waals surface area contributed by atoms with Crippen LogP contribution >= 0.6 is 15.9 Å². The van der Waals surface area contributed by atoms with Crippen molar-refractivity contribution in [1.29, 1.82) is 0 Å². The van der Waals surface area contributed by atoms with Gasteiger partial charge in [-0.2, -0.15) is 0 Å². The molecule has 0 unspecified atom stereocenters. The maximum atomic E-state index is 13.2. The van der Waals surface area contributed by atoms with Crippen LogP contribution < -0.4 is 5.32 Å². The zero-order valence-electron chi connectivity index (χ0n) is 8.87. The summed E-state index contributed by atoms with van der Waals surface area (Å²) in [6, 6.07) is 7.05. The Morgan fingerprint density at radius 3 is 2.81 bits per heavy atom. The summed E-state index contributed by atoms with van der Waals surface area (Å²) in [4.78, 5) is 0. The average molecular weight is 283 g/mol. The third-order valence-corrected chi connectivity index (χ3v) is 2.95. The van der Waals surface area contributed by atoms with Crippen molar-refractivity contribution in [1.82, 2.24) is 4.57 Å². The lowest BCUT2D eigenvalue weighted by Crippen LogP contribution is -1.98. The number of nitrogens with one attached hydrogen (secondary N) is 1. The lowest BCUT2D eigenvalue weighted by atomic mass is 10.3. The second kappa shape index (κ2) is 4.70. The van der Waals surface area contributed by atoms with E-state index in [-0.39, 0.29) is 5.82 Å². The molecule has 0 aliphatic carbocycles. The highest BCUT2D eigenvalue weighted by Gasteiger charge is 2.00. The van der Waals surface area contributed by atoms with Crippen LogP contribution in [-0.2, 0) is 13.6 Å². The maximum absolute atomic E-state index is 13.2. The van der Waals surface area contributed by atoms with Crippen LogP contribution in [-0.4, -0.2) is 4.57 Å². The van der Waals surface area contributed by atoms with E-state index in [9.17, 15) is 4.39 Å². The smallest absolute Gasteiger partial charge is 0.139 e.